The summed E-state index contributed by atoms with van der Waals surface area (Å²) in [5, 5.41) is 0. The van der Waals surface area contributed by atoms with Gasteiger partial charge in [0.1, 0.15) is 6.54 Å². The standard InChI is InChI=1S/C23H28N2O2/c1-18-10-12-21(13-11-18)25(17-23(27)24-14-6-3-7-15-24)22(26)16-20-9-5-4-8-19(20)2/h4-5,8-13H,3,6-7,14-17H2,1-2H3. The van der Waals surface area contributed by atoms with Crippen molar-refractivity contribution in [1.82, 2.24) is 4.90 Å². The average Bonchev–Trinajstić information content (AvgIpc) is 2.69. The third-order valence-electron chi connectivity index (χ3n) is 5.25. The Bertz CT molecular complexity index is 792. The first-order valence-electron chi connectivity index (χ1n) is 9.74. The van der Waals surface area contributed by atoms with Crippen LogP contribution in [0.3, 0.4) is 0 Å². The Morgan fingerprint density at radius 3 is 2.26 bits per heavy atom. The number of carbonyl (C=O) groups excluding carboxylic acids is 2. The first kappa shape index (κ1) is 19.2. The van der Waals surface area contributed by atoms with Gasteiger partial charge in [0.25, 0.3) is 0 Å². The summed E-state index contributed by atoms with van der Waals surface area (Å²) in [5.41, 5.74) is 4.01. The highest BCUT2D eigenvalue weighted by Crippen LogP contribution is 2.19. The van der Waals surface area contributed by atoms with Gasteiger partial charge in [-0.15, -0.1) is 0 Å². The second-order valence-corrected chi connectivity index (χ2v) is 7.36. The molecule has 2 aromatic carbocycles. The van der Waals surface area contributed by atoms with Crippen LogP contribution in [0.5, 0.6) is 0 Å². The molecule has 1 fully saturated rings. The molecule has 142 valence electrons. The largest absolute Gasteiger partial charge is 0.341 e. The number of piperidine rings is 1. The highest BCUT2D eigenvalue weighted by molar-refractivity contribution is 5.99. The number of amides is 2. The number of hydrogen-bond acceptors (Lipinski definition) is 2. The summed E-state index contributed by atoms with van der Waals surface area (Å²) >= 11 is 0. The van der Waals surface area contributed by atoms with Crippen molar-refractivity contribution in [2.45, 2.75) is 39.5 Å². The van der Waals surface area contributed by atoms with E-state index >= 15 is 0 Å². The van der Waals surface area contributed by atoms with Gasteiger partial charge in [-0.1, -0.05) is 42.0 Å². The Balaban J connectivity index is 1.80. The summed E-state index contributed by atoms with van der Waals surface area (Å²) in [6.45, 7) is 5.73. The minimum Gasteiger partial charge on any atom is -0.341 e. The molecule has 4 nitrogen and oxygen atoms in total. The molecule has 4 heteroatoms. The number of hydrogen-bond donors (Lipinski definition) is 0. The number of likely N-dealkylation sites (tertiary alicyclic amines) is 1. The summed E-state index contributed by atoms with van der Waals surface area (Å²) in [5.74, 6) is -0.00748. The van der Waals surface area contributed by atoms with Gasteiger partial charge in [-0.2, -0.15) is 0 Å². The van der Waals surface area contributed by atoms with Crippen molar-refractivity contribution in [2.24, 2.45) is 0 Å². The molecule has 1 saturated heterocycles. The Labute approximate surface area is 161 Å². The molecule has 0 aliphatic carbocycles. The van der Waals surface area contributed by atoms with Gasteiger partial charge in [-0.3, -0.25) is 9.59 Å². The van der Waals surface area contributed by atoms with Crippen LogP contribution in [0, 0.1) is 13.8 Å². The van der Waals surface area contributed by atoms with Gasteiger partial charge in [-0.05, 0) is 56.4 Å². The number of rotatable bonds is 5. The molecule has 0 spiro atoms. The molecule has 0 radical (unpaired) electrons. The van der Waals surface area contributed by atoms with Crippen LogP contribution in [0.25, 0.3) is 0 Å². The van der Waals surface area contributed by atoms with Gasteiger partial charge in [0, 0.05) is 18.8 Å². The van der Waals surface area contributed by atoms with E-state index in [9.17, 15) is 9.59 Å². The Kier molecular flexibility index (Phi) is 6.28. The fraction of sp³-hybridized carbons (Fsp3) is 0.391. The summed E-state index contributed by atoms with van der Waals surface area (Å²) in [7, 11) is 0. The second kappa shape index (κ2) is 8.85. The number of aryl methyl sites for hydroxylation is 2. The van der Waals surface area contributed by atoms with Gasteiger partial charge in [0.15, 0.2) is 0 Å². The zero-order valence-corrected chi connectivity index (χ0v) is 16.3. The van der Waals surface area contributed by atoms with Crippen LogP contribution in [0.2, 0.25) is 0 Å². The van der Waals surface area contributed by atoms with Crippen LogP contribution >= 0.6 is 0 Å². The van der Waals surface area contributed by atoms with Crippen molar-refractivity contribution in [3.63, 3.8) is 0 Å². The minimum atomic E-state index is -0.0430. The van der Waals surface area contributed by atoms with Crippen molar-refractivity contribution in [2.75, 3.05) is 24.5 Å². The first-order chi connectivity index (χ1) is 13.0. The van der Waals surface area contributed by atoms with Crippen LogP contribution in [0.15, 0.2) is 48.5 Å². The Morgan fingerprint density at radius 2 is 1.59 bits per heavy atom. The van der Waals surface area contributed by atoms with E-state index in [1.54, 1.807) is 4.90 Å². The maximum absolute atomic E-state index is 13.1. The predicted molar refractivity (Wildman–Crippen MR) is 109 cm³/mol. The van der Waals surface area contributed by atoms with Crippen LogP contribution in [0.4, 0.5) is 5.69 Å². The molecule has 27 heavy (non-hydrogen) atoms. The highest BCUT2D eigenvalue weighted by Gasteiger charge is 2.24. The molecule has 3 rings (SSSR count). The topological polar surface area (TPSA) is 40.6 Å². The van der Waals surface area contributed by atoms with E-state index in [1.807, 2.05) is 67.3 Å². The van der Waals surface area contributed by atoms with Gasteiger partial charge in [0.05, 0.1) is 6.42 Å². The molecule has 1 aliphatic rings. The fourth-order valence-electron chi connectivity index (χ4n) is 3.49. The molecular formula is C23H28N2O2. The lowest BCUT2D eigenvalue weighted by atomic mass is 10.0. The van der Waals surface area contributed by atoms with Crippen LogP contribution in [-0.4, -0.2) is 36.3 Å². The van der Waals surface area contributed by atoms with Crippen LogP contribution in [-0.2, 0) is 16.0 Å². The number of anilines is 1. The molecule has 2 amide bonds. The summed E-state index contributed by atoms with van der Waals surface area (Å²) in [4.78, 5) is 29.5. The third-order valence-corrected chi connectivity index (χ3v) is 5.25. The Hall–Kier alpha value is -2.62. The predicted octanol–water partition coefficient (Wildman–Crippen LogP) is 3.89. The lowest BCUT2D eigenvalue weighted by molar-refractivity contribution is -0.132. The van der Waals surface area contributed by atoms with Gasteiger partial charge >= 0.3 is 0 Å². The second-order valence-electron chi connectivity index (χ2n) is 7.36. The monoisotopic (exact) mass is 364 g/mol. The molecule has 0 bridgehead atoms. The summed E-state index contributed by atoms with van der Waals surface area (Å²) < 4.78 is 0. The van der Waals surface area contributed by atoms with E-state index in [2.05, 4.69) is 0 Å². The molecule has 0 unspecified atom stereocenters. The van der Waals surface area contributed by atoms with Crippen molar-refractivity contribution >= 4 is 17.5 Å². The number of carbonyl (C=O) groups is 2. The number of nitrogens with zero attached hydrogens (tertiary/aromatic N) is 2. The highest BCUT2D eigenvalue weighted by atomic mass is 16.2. The van der Waals surface area contributed by atoms with E-state index in [4.69, 9.17) is 0 Å². The number of benzene rings is 2. The van der Waals surface area contributed by atoms with Crippen LogP contribution in [0.1, 0.15) is 36.0 Å². The maximum atomic E-state index is 13.1. The van der Waals surface area contributed by atoms with E-state index in [1.165, 1.54) is 6.42 Å². The lowest BCUT2D eigenvalue weighted by Gasteiger charge is -2.30. The molecule has 0 N–H and O–H groups in total. The molecule has 0 aromatic heterocycles. The fourth-order valence-corrected chi connectivity index (χ4v) is 3.49. The van der Waals surface area contributed by atoms with Crippen molar-refractivity contribution in [3.8, 4) is 0 Å². The van der Waals surface area contributed by atoms with Crippen molar-refractivity contribution in [1.29, 1.82) is 0 Å². The quantitative estimate of drug-likeness (QED) is 0.807. The SMILES string of the molecule is Cc1ccc(N(CC(=O)N2CCCCC2)C(=O)Cc2ccccc2C)cc1. The minimum absolute atomic E-state index is 0.0356. The Morgan fingerprint density at radius 1 is 0.926 bits per heavy atom. The molecule has 0 atom stereocenters. The van der Waals surface area contributed by atoms with Crippen LogP contribution < -0.4 is 4.90 Å². The summed E-state index contributed by atoms with van der Waals surface area (Å²) in [6.07, 6.45) is 3.58. The molecular weight excluding hydrogens is 336 g/mol. The lowest BCUT2D eigenvalue weighted by Crippen LogP contribution is -2.45. The van der Waals surface area contributed by atoms with E-state index in [0.29, 0.717) is 6.42 Å². The zero-order valence-electron chi connectivity index (χ0n) is 16.3. The summed E-state index contributed by atoms with van der Waals surface area (Å²) in [6, 6.07) is 15.7. The third kappa shape index (κ3) is 4.97. The van der Waals surface area contributed by atoms with Gasteiger partial charge in [0.2, 0.25) is 11.8 Å². The van der Waals surface area contributed by atoms with E-state index < -0.39 is 0 Å². The first-order valence-corrected chi connectivity index (χ1v) is 9.74. The molecule has 1 aliphatic heterocycles. The molecule has 0 saturated carbocycles. The van der Waals surface area contributed by atoms with Gasteiger partial charge in [-0.25, -0.2) is 0 Å². The maximum Gasteiger partial charge on any atom is 0.242 e. The van der Waals surface area contributed by atoms with Crippen molar-refractivity contribution in [3.05, 3.63) is 65.2 Å². The normalized spacial score (nSPS) is 14.1. The van der Waals surface area contributed by atoms with E-state index in [0.717, 1.165) is 48.3 Å². The molecule has 1 heterocycles. The van der Waals surface area contributed by atoms with Gasteiger partial charge < -0.3 is 9.80 Å². The molecule has 2 aromatic rings. The zero-order chi connectivity index (χ0) is 19.2. The average molecular weight is 364 g/mol. The van der Waals surface area contributed by atoms with E-state index in [-0.39, 0.29) is 18.4 Å². The van der Waals surface area contributed by atoms with Crippen molar-refractivity contribution < 1.29 is 9.59 Å². The smallest absolute Gasteiger partial charge is 0.242 e.